The maximum atomic E-state index is 12.7. The van der Waals surface area contributed by atoms with Gasteiger partial charge in [0.25, 0.3) is 0 Å². The number of amides is 1. The molecule has 1 unspecified atom stereocenters. The number of likely N-dealkylation sites (tertiary alicyclic amines) is 2. The lowest BCUT2D eigenvalue weighted by Gasteiger charge is -2.39. The van der Waals surface area contributed by atoms with Gasteiger partial charge in [0.2, 0.25) is 5.91 Å². The fourth-order valence-corrected chi connectivity index (χ4v) is 4.39. The van der Waals surface area contributed by atoms with Crippen LogP contribution in [-0.2, 0) is 4.79 Å². The summed E-state index contributed by atoms with van der Waals surface area (Å²) in [6.45, 7) is 7.58. The van der Waals surface area contributed by atoms with Crippen LogP contribution in [0.5, 0.6) is 5.75 Å². The molecule has 0 aromatic heterocycles. The molecule has 2 saturated heterocycles. The van der Waals surface area contributed by atoms with Crippen molar-refractivity contribution < 1.29 is 14.6 Å². The topological polar surface area (TPSA) is 53.0 Å². The van der Waals surface area contributed by atoms with E-state index in [-0.39, 0.29) is 12.5 Å². The molecule has 0 radical (unpaired) electrons. The third-order valence-corrected chi connectivity index (χ3v) is 6.47. The van der Waals surface area contributed by atoms with Crippen molar-refractivity contribution in [3.8, 4) is 5.75 Å². The van der Waals surface area contributed by atoms with Crippen LogP contribution < -0.4 is 4.74 Å². The largest absolute Gasteiger partial charge is 0.491 e. The van der Waals surface area contributed by atoms with Gasteiger partial charge in [0.05, 0.1) is 6.54 Å². The second kappa shape index (κ2) is 9.47. The monoisotopic (exact) mass is 408 g/mol. The number of hydrogen-bond acceptors (Lipinski definition) is 4. The average molecular weight is 409 g/mol. The molecule has 2 heterocycles. The first-order valence-electron chi connectivity index (χ1n) is 10.5. The number of aryl methyl sites for hydroxylation is 2. The van der Waals surface area contributed by atoms with Gasteiger partial charge in [-0.3, -0.25) is 9.69 Å². The Labute approximate surface area is 173 Å². The maximum Gasteiger partial charge on any atom is 0.236 e. The van der Waals surface area contributed by atoms with Gasteiger partial charge in [0.1, 0.15) is 18.0 Å². The number of aliphatic hydroxyl groups is 1. The molecule has 1 amide bonds. The Morgan fingerprint density at radius 3 is 2.39 bits per heavy atom. The van der Waals surface area contributed by atoms with E-state index in [0.29, 0.717) is 19.5 Å². The van der Waals surface area contributed by atoms with Crippen molar-refractivity contribution >= 4 is 17.5 Å². The highest BCUT2D eigenvalue weighted by Gasteiger charge is 2.35. The summed E-state index contributed by atoms with van der Waals surface area (Å²) in [5.41, 5.74) is 1.01. The van der Waals surface area contributed by atoms with Crippen LogP contribution in [0, 0.1) is 13.8 Å². The van der Waals surface area contributed by atoms with Crippen LogP contribution in [0.15, 0.2) is 12.1 Å². The fraction of sp³-hybridized carbons (Fsp3) is 0.682. The minimum atomic E-state index is -0.932. The highest BCUT2D eigenvalue weighted by molar-refractivity contribution is 6.32. The van der Waals surface area contributed by atoms with Gasteiger partial charge < -0.3 is 14.7 Å². The minimum Gasteiger partial charge on any atom is -0.491 e. The predicted molar refractivity (Wildman–Crippen MR) is 112 cm³/mol. The van der Waals surface area contributed by atoms with E-state index in [1.807, 2.05) is 30.9 Å². The van der Waals surface area contributed by atoms with Crippen LogP contribution in [0.2, 0.25) is 5.02 Å². The first-order chi connectivity index (χ1) is 13.4. The van der Waals surface area contributed by atoms with Crippen molar-refractivity contribution in [1.82, 2.24) is 9.80 Å². The van der Waals surface area contributed by atoms with Gasteiger partial charge in [-0.05, 0) is 69.3 Å². The molecule has 1 N–H and O–H groups in total. The maximum absolute atomic E-state index is 12.7. The summed E-state index contributed by atoms with van der Waals surface area (Å²) in [5, 5.41) is 11.8. The average Bonchev–Trinajstić information content (AvgIpc) is 2.94. The van der Waals surface area contributed by atoms with E-state index >= 15 is 0 Å². The van der Waals surface area contributed by atoms with Crippen LogP contribution >= 0.6 is 11.6 Å². The van der Waals surface area contributed by atoms with Gasteiger partial charge in [0, 0.05) is 24.7 Å². The molecule has 0 aliphatic carbocycles. The van der Waals surface area contributed by atoms with Gasteiger partial charge in [-0.2, -0.15) is 0 Å². The Bertz CT molecular complexity index is 665. The lowest BCUT2D eigenvalue weighted by Crippen LogP contribution is -2.54. The highest BCUT2D eigenvalue weighted by atomic mass is 35.5. The van der Waals surface area contributed by atoms with Gasteiger partial charge in [-0.1, -0.05) is 24.4 Å². The minimum absolute atomic E-state index is 0.191. The van der Waals surface area contributed by atoms with Crippen LogP contribution in [-0.4, -0.2) is 65.7 Å². The SMILES string of the molecule is Cc1cc(OCC2(O)CCCN(CC(=O)N3CCCCCC3)C2)cc(C)c1Cl. The van der Waals surface area contributed by atoms with E-state index < -0.39 is 5.60 Å². The smallest absolute Gasteiger partial charge is 0.236 e. The fourth-order valence-electron chi connectivity index (χ4n) is 4.28. The number of rotatable bonds is 5. The standard InChI is InChI=1S/C22H33ClN2O3/c1-17-12-19(13-18(2)21(17)23)28-16-22(27)8-7-9-24(15-22)14-20(26)25-10-5-3-4-6-11-25/h12-13,27H,3-11,14-16H2,1-2H3. The molecule has 2 fully saturated rings. The number of halogens is 1. The molecular formula is C22H33ClN2O3. The zero-order valence-corrected chi connectivity index (χ0v) is 17.9. The molecule has 0 saturated carbocycles. The van der Waals surface area contributed by atoms with E-state index in [2.05, 4.69) is 4.90 Å². The highest BCUT2D eigenvalue weighted by Crippen LogP contribution is 2.28. The van der Waals surface area contributed by atoms with Gasteiger partial charge in [-0.25, -0.2) is 0 Å². The summed E-state index contributed by atoms with van der Waals surface area (Å²) in [7, 11) is 0. The Balaban J connectivity index is 1.54. The van der Waals surface area contributed by atoms with Crippen LogP contribution in [0.4, 0.5) is 0 Å². The Kier molecular flexibility index (Phi) is 7.24. The number of β-amino-alcohol motifs (C(OH)–C–C–N with tert-alkyl or cyclic N) is 1. The van der Waals surface area contributed by atoms with Crippen molar-refractivity contribution in [2.45, 2.75) is 58.0 Å². The van der Waals surface area contributed by atoms with Crippen LogP contribution in [0.25, 0.3) is 0 Å². The molecule has 2 aliphatic heterocycles. The first-order valence-corrected chi connectivity index (χ1v) is 10.9. The molecule has 6 heteroatoms. The van der Waals surface area contributed by atoms with Crippen molar-refractivity contribution in [2.75, 3.05) is 39.3 Å². The molecule has 1 aromatic carbocycles. The molecule has 3 rings (SSSR count). The van der Waals surface area contributed by atoms with Gasteiger partial charge >= 0.3 is 0 Å². The van der Waals surface area contributed by atoms with Crippen molar-refractivity contribution in [3.05, 3.63) is 28.3 Å². The van der Waals surface area contributed by atoms with Crippen molar-refractivity contribution in [1.29, 1.82) is 0 Å². The lowest BCUT2D eigenvalue weighted by molar-refractivity contribution is -0.134. The number of carbonyl (C=O) groups is 1. The molecule has 1 aromatic rings. The first kappa shape index (κ1) is 21.4. The van der Waals surface area contributed by atoms with Gasteiger partial charge in [0.15, 0.2) is 0 Å². The summed E-state index contributed by atoms with van der Waals surface area (Å²) in [5.74, 6) is 0.918. The molecule has 2 aliphatic rings. The Hall–Kier alpha value is -1.30. The number of carbonyl (C=O) groups excluding carboxylic acids is 1. The summed E-state index contributed by atoms with van der Waals surface area (Å²) in [4.78, 5) is 16.8. The second-order valence-corrected chi connectivity index (χ2v) is 8.87. The van der Waals surface area contributed by atoms with E-state index in [1.165, 1.54) is 12.8 Å². The quantitative estimate of drug-likeness (QED) is 0.809. The summed E-state index contributed by atoms with van der Waals surface area (Å²) >= 11 is 6.22. The van der Waals surface area contributed by atoms with E-state index in [1.54, 1.807) is 0 Å². The second-order valence-electron chi connectivity index (χ2n) is 8.49. The molecule has 156 valence electrons. The third kappa shape index (κ3) is 5.62. The van der Waals surface area contributed by atoms with Gasteiger partial charge in [-0.15, -0.1) is 0 Å². The normalized spacial score (nSPS) is 24.1. The molecular weight excluding hydrogens is 376 g/mol. The third-order valence-electron chi connectivity index (χ3n) is 5.87. The van der Waals surface area contributed by atoms with E-state index in [4.69, 9.17) is 16.3 Å². The number of ether oxygens (including phenoxy) is 1. The molecule has 5 nitrogen and oxygen atoms in total. The number of benzene rings is 1. The van der Waals surface area contributed by atoms with E-state index in [9.17, 15) is 9.90 Å². The number of piperidine rings is 1. The van der Waals surface area contributed by atoms with Crippen molar-refractivity contribution in [3.63, 3.8) is 0 Å². The van der Waals surface area contributed by atoms with Crippen molar-refractivity contribution in [2.24, 2.45) is 0 Å². The Morgan fingerprint density at radius 2 is 1.75 bits per heavy atom. The van der Waals surface area contributed by atoms with Crippen LogP contribution in [0.3, 0.4) is 0 Å². The molecule has 28 heavy (non-hydrogen) atoms. The molecule has 0 spiro atoms. The summed E-state index contributed by atoms with van der Waals surface area (Å²) in [6, 6.07) is 3.81. The molecule has 0 bridgehead atoms. The predicted octanol–water partition coefficient (Wildman–Crippen LogP) is 3.57. The lowest BCUT2D eigenvalue weighted by atomic mass is 9.93. The van der Waals surface area contributed by atoms with E-state index in [0.717, 1.165) is 60.8 Å². The summed E-state index contributed by atoms with van der Waals surface area (Å²) < 4.78 is 5.92. The molecule has 1 atom stereocenters. The zero-order chi connectivity index (χ0) is 20.1. The summed E-state index contributed by atoms with van der Waals surface area (Å²) in [6.07, 6.45) is 6.19. The number of hydrogen-bond donors (Lipinski definition) is 1. The van der Waals surface area contributed by atoms with Crippen LogP contribution in [0.1, 0.15) is 49.7 Å². The Morgan fingerprint density at radius 1 is 1.11 bits per heavy atom. The zero-order valence-electron chi connectivity index (χ0n) is 17.2. The number of nitrogens with zero attached hydrogens (tertiary/aromatic N) is 2.